The summed E-state index contributed by atoms with van der Waals surface area (Å²) in [5, 5.41) is 2.95. The van der Waals surface area contributed by atoms with Gasteiger partial charge in [-0.25, -0.2) is 8.42 Å². The van der Waals surface area contributed by atoms with Gasteiger partial charge in [0.05, 0.1) is 10.5 Å². The zero-order valence-electron chi connectivity index (χ0n) is 16.5. The summed E-state index contributed by atoms with van der Waals surface area (Å²) in [6, 6.07) is 11.7. The molecule has 2 aromatic rings. The fraction of sp³-hybridized carbons (Fsp3) is 0.333. The zero-order chi connectivity index (χ0) is 21.2. The SMILES string of the molecule is Cc1ccc(NC(=O)C2CCN(S(=O)(=O)c3ccccc3C(N)=O)CC2)c(C)c1. The van der Waals surface area contributed by atoms with Gasteiger partial charge >= 0.3 is 0 Å². The number of hydrogen-bond donors (Lipinski definition) is 2. The molecule has 1 aliphatic rings. The number of carbonyl (C=O) groups is 2. The van der Waals surface area contributed by atoms with Crippen molar-refractivity contribution in [3.05, 3.63) is 59.2 Å². The molecule has 0 bridgehead atoms. The van der Waals surface area contributed by atoms with Crippen molar-refractivity contribution >= 4 is 27.5 Å². The van der Waals surface area contributed by atoms with Crippen LogP contribution in [-0.4, -0.2) is 37.6 Å². The third-order valence-electron chi connectivity index (χ3n) is 5.23. The molecule has 8 heteroatoms. The van der Waals surface area contributed by atoms with Gasteiger partial charge in [0, 0.05) is 24.7 Å². The summed E-state index contributed by atoms with van der Waals surface area (Å²) < 4.78 is 27.3. The van der Waals surface area contributed by atoms with Gasteiger partial charge in [0.2, 0.25) is 21.8 Å². The summed E-state index contributed by atoms with van der Waals surface area (Å²) >= 11 is 0. The first kappa shape index (κ1) is 21.0. The van der Waals surface area contributed by atoms with Crippen LogP contribution in [0.4, 0.5) is 5.69 Å². The van der Waals surface area contributed by atoms with Crippen LogP contribution in [0.1, 0.15) is 34.3 Å². The minimum Gasteiger partial charge on any atom is -0.366 e. The van der Waals surface area contributed by atoms with E-state index in [4.69, 9.17) is 5.73 Å². The Hall–Kier alpha value is -2.71. The van der Waals surface area contributed by atoms with Crippen molar-refractivity contribution in [2.24, 2.45) is 11.7 Å². The standard InChI is InChI=1S/C21H25N3O4S/c1-14-7-8-18(15(2)13-14)23-21(26)16-9-11-24(12-10-16)29(27,28)19-6-4-3-5-17(19)20(22)25/h3-8,13,16H,9-12H2,1-2H3,(H2,22,25)(H,23,26). The van der Waals surface area contributed by atoms with E-state index < -0.39 is 15.9 Å². The first-order chi connectivity index (χ1) is 13.7. The number of nitrogens with one attached hydrogen (secondary N) is 1. The number of sulfonamides is 1. The first-order valence-corrected chi connectivity index (χ1v) is 10.9. The molecule has 0 radical (unpaired) electrons. The van der Waals surface area contributed by atoms with E-state index in [1.54, 1.807) is 12.1 Å². The number of rotatable bonds is 5. The number of nitrogens with two attached hydrogens (primary N) is 1. The van der Waals surface area contributed by atoms with Crippen LogP contribution in [0.25, 0.3) is 0 Å². The molecule has 3 rings (SSSR count). The van der Waals surface area contributed by atoms with Crippen LogP contribution in [0.5, 0.6) is 0 Å². The monoisotopic (exact) mass is 415 g/mol. The predicted molar refractivity (Wildman–Crippen MR) is 111 cm³/mol. The average Bonchev–Trinajstić information content (AvgIpc) is 2.70. The van der Waals surface area contributed by atoms with Gasteiger partial charge in [-0.3, -0.25) is 9.59 Å². The van der Waals surface area contributed by atoms with Gasteiger partial charge in [0.1, 0.15) is 0 Å². The number of anilines is 1. The van der Waals surface area contributed by atoms with Crippen LogP contribution in [0, 0.1) is 19.8 Å². The van der Waals surface area contributed by atoms with Gasteiger partial charge in [-0.15, -0.1) is 0 Å². The number of piperidine rings is 1. The molecule has 3 N–H and O–H groups in total. The summed E-state index contributed by atoms with van der Waals surface area (Å²) in [4.78, 5) is 24.1. The number of carbonyl (C=O) groups excluding carboxylic acids is 2. The fourth-order valence-corrected chi connectivity index (χ4v) is 5.25. The van der Waals surface area contributed by atoms with Gasteiger partial charge in [0.25, 0.3) is 0 Å². The molecule has 0 spiro atoms. The van der Waals surface area contributed by atoms with E-state index in [9.17, 15) is 18.0 Å². The van der Waals surface area contributed by atoms with Gasteiger partial charge in [-0.2, -0.15) is 4.31 Å². The number of primary amides is 1. The highest BCUT2D eigenvalue weighted by Crippen LogP contribution is 2.27. The van der Waals surface area contributed by atoms with Crippen LogP contribution >= 0.6 is 0 Å². The van der Waals surface area contributed by atoms with Crippen molar-refractivity contribution in [1.29, 1.82) is 0 Å². The second kappa shape index (κ2) is 8.34. The minimum absolute atomic E-state index is 0.0257. The maximum Gasteiger partial charge on any atom is 0.250 e. The molecule has 0 aromatic heterocycles. The molecule has 7 nitrogen and oxygen atoms in total. The predicted octanol–water partition coefficient (Wildman–Crippen LogP) is 2.44. The smallest absolute Gasteiger partial charge is 0.250 e. The third kappa shape index (κ3) is 4.49. The van der Waals surface area contributed by atoms with E-state index in [0.717, 1.165) is 16.8 Å². The number of amides is 2. The molecule has 2 amide bonds. The molecular formula is C21H25N3O4S. The topological polar surface area (TPSA) is 110 Å². The van der Waals surface area contributed by atoms with E-state index in [-0.39, 0.29) is 35.4 Å². The zero-order valence-corrected chi connectivity index (χ0v) is 17.3. The lowest BCUT2D eigenvalue weighted by molar-refractivity contribution is -0.120. The van der Waals surface area contributed by atoms with Crippen molar-refractivity contribution in [1.82, 2.24) is 4.31 Å². The molecular weight excluding hydrogens is 390 g/mol. The Morgan fingerprint density at radius 2 is 1.72 bits per heavy atom. The van der Waals surface area contributed by atoms with Crippen LogP contribution in [0.3, 0.4) is 0 Å². The summed E-state index contributed by atoms with van der Waals surface area (Å²) in [5.74, 6) is -1.16. The second-order valence-corrected chi connectivity index (χ2v) is 9.25. The molecule has 1 heterocycles. The van der Waals surface area contributed by atoms with Crippen molar-refractivity contribution in [2.45, 2.75) is 31.6 Å². The van der Waals surface area contributed by atoms with Crippen molar-refractivity contribution in [3.8, 4) is 0 Å². The lowest BCUT2D eigenvalue weighted by Crippen LogP contribution is -2.42. The normalized spacial score (nSPS) is 15.8. The first-order valence-electron chi connectivity index (χ1n) is 9.47. The molecule has 154 valence electrons. The number of aryl methyl sites for hydroxylation is 2. The van der Waals surface area contributed by atoms with E-state index in [1.165, 1.54) is 16.4 Å². The van der Waals surface area contributed by atoms with Crippen molar-refractivity contribution < 1.29 is 18.0 Å². The lowest BCUT2D eigenvalue weighted by Gasteiger charge is -2.31. The fourth-order valence-electron chi connectivity index (χ4n) is 3.58. The number of nitrogens with zero attached hydrogens (tertiary/aromatic N) is 1. The highest BCUT2D eigenvalue weighted by molar-refractivity contribution is 7.89. The summed E-state index contributed by atoms with van der Waals surface area (Å²) in [6.45, 7) is 4.35. The molecule has 0 unspecified atom stereocenters. The number of benzene rings is 2. The Morgan fingerprint density at radius 1 is 1.07 bits per heavy atom. The third-order valence-corrected chi connectivity index (χ3v) is 7.19. The minimum atomic E-state index is -3.86. The highest BCUT2D eigenvalue weighted by atomic mass is 32.2. The van der Waals surface area contributed by atoms with E-state index in [2.05, 4.69) is 5.32 Å². The largest absolute Gasteiger partial charge is 0.366 e. The van der Waals surface area contributed by atoms with Gasteiger partial charge < -0.3 is 11.1 Å². The van der Waals surface area contributed by atoms with Crippen LogP contribution in [-0.2, 0) is 14.8 Å². The Labute approximate surface area is 171 Å². The quantitative estimate of drug-likeness (QED) is 0.781. The van der Waals surface area contributed by atoms with E-state index in [1.807, 2.05) is 32.0 Å². The lowest BCUT2D eigenvalue weighted by atomic mass is 9.97. The van der Waals surface area contributed by atoms with Gasteiger partial charge in [0.15, 0.2) is 0 Å². The summed E-state index contributed by atoms with van der Waals surface area (Å²) in [7, 11) is -3.86. The molecule has 1 saturated heterocycles. The summed E-state index contributed by atoms with van der Waals surface area (Å²) in [6.07, 6.45) is 0.823. The molecule has 0 atom stereocenters. The maximum absolute atomic E-state index is 13.0. The Balaban J connectivity index is 1.68. The Morgan fingerprint density at radius 3 is 2.34 bits per heavy atom. The molecule has 2 aromatic carbocycles. The van der Waals surface area contributed by atoms with Gasteiger partial charge in [-0.05, 0) is 50.5 Å². The molecule has 29 heavy (non-hydrogen) atoms. The molecule has 1 fully saturated rings. The second-order valence-electron chi connectivity index (χ2n) is 7.35. The van der Waals surface area contributed by atoms with Crippen LogP contribution in [0.15, 0.2) is 47.4 Å². The number of hydrogen-bond acceptors (Lipinski definition) is 4. The van der Waals surface area contributed by atoms with Crippen molar-refractivity contribution in [2.75, 3.05) is 18.4 Å². The van der Waals surface area contributed by atoms with Gasteiger partial charge in [-0.1, -0.05) is 29.8 Å². The van der Waals surface area contributed by atoms with Crippen LogP contribution in [0.2, 0.25) is 0 Å². The molecule has 1 aliphatic heterocycles. The summed E-state index contributed by atoms with van der Waals surface area (Å²) in [5.41, 5.74) is 8.17. The molecule has 0 aliphatic carbocycles. The van der Waals surface area contributed by atoms with Crippen LogP contribution < -0.4 is 11.1 Å². The molecule has 0 saturated carbocycles. The highest BCUT2D eigenvalue weighted by Gasteiger charge is 2.33. The van der Waals surface area contributed by atoms with E-state index in [0.29, 0.717) is 12.8 Å². The van der Waals surface area contributed by atoms with E-state index >= 15 is 0 Å². The Bertz CT molecular complexity index is 1040. The Kier molecular flexibility index (Phi) is 6.04. The average molecular weight is 416 g/mol. The van der Waals surface area contributed by atoms with Crippen molar-refractivity contribution in [3.63, 3.8) is 0 Å². The maximum atomic E-state index is 13.0.